The summed E-state index contributed by atoms with van der Waals surface area (Å²) in [6, 6.07) is 6.03. The van der Waals surface area contributed by atoms with Crippen LogP contribution >= 0.6 is 24.0 Å². The molecule has 0 aliphatic carbocycles. The molecule has 1 saturated heterocycles. The zero-order chi connectivity index (χ0) is 20.0. The van der Waals surface area contributed by atoms with E-state index in [-0.39, 0.29) is 30.0 Å². The predicted octanol–water partition coefficient (Wildman–Crippen LogP) is 4.67. The van der Waals surface area contributed by atoms with Gasteiger partial charge in [0.2, 0.25) is 0 Å². The van der Waals surface area contributed by atoms with Gasteiger partial charge in [0.15, 0.2) is 5.96 Å². The zero-order valence-corrected chi connectivity index (χ0v) is 19.3. The van der Waals surface area contributed by atoms with Crippen LogP contribution in [0.2, 0.25) is 0 Å². The topological polar surface area (TPSA) is 39.7 Å². The van der Waals surface area contributed by atoms with Gasteiger partial charge in [-0.2, -0.15) is 13.2 Å². The van der Waals surface area contributed by atoms with E-state index in [1.807, 2.05) is 7.05 Å². The fourth-order valence-corrected chi connectivity index (χ4v) is 3.63. The summed E-state index contributed by atoms with van der Waals surface area (Å²) in [5.41, 5.74) is 0.333. The molecule has 1 aliphatic rings. The van der Waals surface area contributed by atoms with Gasteiger partial charge in [0.05, 0.1) is 5.56 Å². The minimum atomic E-state index is -4.30. The first-order valence-electron chi connectivity index (χ1n) is 9.60. The minimum Gasteiger partial charge on any atom is -0.356 e. The summed E-state index contributed by atoms with van der Waals surface area (Å²) in [5.74, 6) is 1.07. The van der Waals surface area contributed by atoms with Gasteiger partial charge < -0.3 is 10.6 Å². The summed E-state index contributed by atoms with van der Waals surface area (Å²) in [6.07, 6.45) is -1.19. The summed E-state index contributed by atoms with van der Waals surface area (Å²) in [5, 5.41) is 6.74. The molecule has 0 radical (unpaired) electrons. The van der Waals surface area contributed by atoms with E-state index in [0.717, 1.165) is 43.9 Å². The van der Waals surface area contributed by atoms with Gasteiger partial charge in [-0.25, -0.2) is 0 Å². The van der Waals surface area contributed by atoms with Gasteiger partial charge in [-0.15, -0.1) is 24.0 Å². The standard InChI is InChI=1S/C20H31F3N4.HI/c1-5-14(2)26-19(24-3)25-13-16-7-6-12-27(4)18(16)15-8-10-17(11-9-15)20(21,22)23;/h8-11,14,16,18H,5-7,12-13H2,1-4H3,(H2,24,25,26);1H. The second-order valence-electron chi connectivity index (χ2n) is 7.35. The molecular weight excluding hydrogens is 480 g/mol. The molecule has 0 amide bonds. The van der Waals surface area contributed by atoms with Gasteiger partial charge >= 0.3 is 6.18 Å². The van der Waals surface area contributed by atoms with Gasteiger partial charge in [-0.3, -0.25) is 9.89 Å². The number of benzene rings is 1. The Labute approximate surface area is 183 Å². The monoisotopic (exact) mass is 512 g/mol. The van der Waals surface area contributed by atoms with E-state index in [1.165, 1.54) is 12.1 Å². The molecule has 0 spiro atoms. The maximum atomic E-state index is 12.9. The predicted molar refractivity (Wildman–Crippen MR) is 119 cm³/mol. The van der Waals surface area contributed by atoms with Crippen LogP contribution in [-0.4, -0.2) is 44.1 Å². The van der Waals surface area contributed by atoms with Crippen molar-refractivity contribution in [3.8, 4) is 0 Å². The molecule has 1 aromatic carbocycles. The van der Waals surface area contributed by atoms with Crippen LogP contribution in [0.4, 0.5) is 13.2 Å². The molecule has 1 fully saturated rings. The molecule has 28 heavy (non-hydrogen) atoms. The zero-order valence-electron chi connectivity index (χ0n) is 17.0. The SMILES string of the molecule is CCC(C)NC(=NC)NCC1CCCN(C)C1c1ccc(C(F)(F)F)cc1.I. The van der Waals surface area contributed by atoms with Crippen molar-refractivity contribution < 1.29 is 13.2 Å². The Morgan fingerprint density at radius 2 is 1.93 bits per heavy atom. The molecule has 160 valence electrons. The minimum absolute atomic E-state index is 0. The Kier molecular flexibility index (Phi) is 10.0. The van der Waals surface area contributed by atoms with Crippen LogP contribution in [0.25, 0.3) is 0 Å². The highest BCUT2D eigenvalue weighted by atomic mass is 127. The lowest BCUT2D eigenvalue weighted by atomic mass is 9.84. The molecule has 4 nitrogen and oxygen atoms in total. The van der Waals surface area contributed by atoms with Crippen LogP contribution in [0, 0.1) is 5.92 Å². The third kappa shape index (κ3) is 6.79. The summed E-state index contributed by atoms with van der Waals surface area (Å²) in [6.45, 7) is 5.89. The van der Waals surface area contributed by atoms with Crippen molar-refractivity contribution in [2.24, 2.45) is 10.9 Å². The molecular formula is C20H32F3IN4. The molecule has 1 heterocycles. The second kappa shape index (κ2) is 11.2. The van der Waals surface area contributed by atoms with Gasteiger partial charge in [0.25, 0.3) is 0 Å². The average Bonchev–Trinajstić information content (AvgIpc) is 2.64. The fourth-order valence-electron chi connectivity index (χ4n) is 3.63. The van der Waals surface area contributed by atoms with Crippen LogP contribution in [0.5, 0.6) is 0 Å². The van der Waals surface area contributed by atoms with Crippen LogP contribution in [0.1, 0.15) is 50.3 Å². The molecule has 1 aromatic rings. The van der Waals surface area contributed by atoms with Crippen molar-refractivity contribution in [3.05, 3.63) is 35.4 Å². The first-order chi connectivity index (χ1) is 12.8. The third-order valence-electron chi connectivity index (χ3n) is 5.34. The first kappa shape index (κ1) is 25.0. The number of halogens is 4. The number of nitrogens with one attached hydrogen (secondary N) is 2. The highest BCUT2D eigenvalue weighted by Gasteiger charge is 2.33. The number of hydrogen-bond acceptors (Lipinski definition) is 2. The van der Waals surface area contributed by atoms with Crippen molar-refractivity contribution in [1.82, 2.24) is 15.5 Å². The number of aliphatic imine (C=N–C) groups is 1. The molecule has 0 aromatic heterocycles. The van der Waals surface area contributed by atoms with Gasteiger partial charge in [0, 0.05) is 25.7 Å². The highest BCUT2D eigenvalue weighted by Crippen LogP contribution is 2.36. The smallest absolute Gasteiger partial charge is 0.356 e. The van der Waals surface area contributed by atoms with Crippen molar-refractivity contribution in [3.63, 3.8) is 0 Å². The van der Waals surface area contributed by atoms with Crippen LogP contribution in [0.3, 0.4) is 0 Å². The molecule has 2 rings (SSSR count). The van der Waals surface area contributed by atoms with E-state index in [1.54, 1.807) is 19.2 Å². The van der Waals surface area contributed by atoms with Crippen LogP contribution in [0.15, 0.2) is 29.3 Å². The Morgan fingerprint density at radius 1 is 1.29 bits per heavy atom. The second-order valence-corrected chi connectivity index (χ2v) is 7.35. The number of rotatable bonds is 5. The third-order valence-corrected chi connectivity index (χ3v) is 5.34. The van der Waals surface area contributed by atoms with Crippen molar-refractivity contribution in [1.29, 1.82) is 0 Å². The van der Waals surface area contributed by atoms with E-state index < -0.39 is 11.7 Å². The normalized spacial score (nSPS) is 22.3. The molecule has 0 bridgehead atoms. The molecule has 8 heteroatoms. The van der Waals surface area contributed by atoms with Crippen molar-refractivity contribution in [2.75, 3.05) is 27.2 Å². The summed E-state index contributed by atoms with van der Waals surface area (Å²) >= 11 is 0. The number of guanidine groups is 1. The summed E-state index contributed by atoms with van der Waals surface area (Å²) in [7, 11) is 3.79. The Bertz CT molecular complexity index is 619. The quantitative estimate of drug-likeness (QED) is 0.342. The summed E-state index contributed by atoms with van der Waals surface area (Å²) in [4.78, 5) is 6.51. The number of hydrogen-bond donors (Lipinski definition) is 2. The maximum absolute atomic E-state index is 12.9. The number of nitrogens with zero attached hydrogens (tertiary/aromatic N) is 2. The Balaban J connectivity index is 0.00000392. The van der Waals surface area contributed by atoms with Crippen LogP contribution < -0.4 is 10.6 Å². The maximum Gasteiger partial charge on any atom is 0.416 e. The number of piperidine rings is 1. The van der Waals surface area contributed by atoms with Crippen LogP contribution in [-0.2, 0) is 6.18 Å². The molecule has 2 N–H and O–H groups in total. The van der Waals surface area contributed by atoms with Crippen molar-refractivity contribution in [2.45, 2.75) is 51.4 Å². The average molecular weight is 512 g/mol. The lowest BCUT2D eigenvalue weighted by molar-refractivity contribution is -0.137. The Hall–Kier alpha value is -1.03. The van der Waals surface area contributed by atoms with E-state index >= 15 is 0 Å². The Morgan fingerprint density at radius 3 is 2.46 bits per heavy atom. The van der Waals surface area contributed by atoms with E-state index in [2.05, 4.69) is 34.4 Å². The molecule has 3 unspecified atom stereocenters. The van der Waals surface area contributed by atoms with E-state index in [4.69, 9.17) is 0 Å². The summed E-state index contributed by atoms with van der Waals surface area (Å²) < 4.78 is 38.6. The molecule has 1 aliphatic heterocycles. The highest BCUT2D eigenvalue weighted by molar-refractivity contribution is 14.0. The lowest BCUT2D eigenvalue weighted by Gasteiger charge is -2.40. The number of alkyl halides is 3. The fraction of sp³-hybridized carbons (Fsp3) is 0.650. The largest absolute Gasteiger partial charge is 0.416 e. The lowest BCUT2D eigenvalue weighted by Crippen LogP contribution is -2.46. The van der Waals surface area contributed by atoms with Gasteiger partial charge in [-0.1, -0.05) is 19.1 Å². The van der Waals surface area contributed by atoms with E-state index in [9.17, 15) is 13.2 Å². The van der Waals surface area contributed by atoms with Gasteiger partial charge in [-0.05, 0) is 63.4 Å². The number of likely N-dealkylation sites (tertiary alicyclic amines) is 1. The van der Waals surface area contributed by atoms with Gasteiger partial charge in [0.1, 0.15) is 0 Å². The van der Waals surface area contributed by atoms with Crippen molar-refractivity contribution >= 4 is 29.9 Å². The molecule has 3 atom stereocenters. The first-order valence-corrected chi connectivity index (χ1v) is 9.60. The van der Waals surface area contributed by atoms with E-state index in [0.29, 0.717) is 12.0 Å². The molecule has 0 saturated carbocycles.